The van der Waals surface area contributed by atoms with E-state index in [9.17, 15) is 9.59 Å². The fourth-order valence-electron chi connectivity index (χ4n) is 5.50. The molecule has 1 fully saturated rings. The second kappa shape index (κ2) is 8.65. The molecule has 0 aromatic heterocycles. The number of urea groups is 1. The average Bonchev–Trinajstić information content (AvgIpc) is 2.85. The number of amides is 2. The largest absolute Gasteiger partial charge is 0.467 e. The fourth-order valence-corrected chi connectivity index (χ4v) is 5.50. The van der Waals surface area contributed by atoms with Gasteiger partial charge in [0.2, 0.25) is 0 Å². The molecular weight excluding hydrogens is 400 g/mol. The molecule has 0 radical (unpaired) electrons. The van der Waals surface area contributed by atoms with Gasteiger partial charge in [0.05, 0.1) is 19.2 Å². The molecule has 5 heteroatoms. The molecule has 5 nitrogen and oxygen atoms in total. The van der Waals surface area contributed by atoms with Gasteiger partial charge in [-0.25, -0.2) is 9.59 Å². The highest BCUT2D eigenvalue weighted by Gasteiger charge is 2.44. The van der Waals surface area contributed by atoms with E-state index in [1.807, 2.05) is 41.3 Å². The molecule has 1 heterocycles. The van der Waals surface area contributed by atoms with Gasteiger partial charge in [0, 0.05) is 11.8 Å². The molecule has 0 bridgehead atoms. The lowest BCUT2D eigenvalue weighted by molar-refractivity contribution is -0.143. The number of benzene rings is 1. The Bertz CT molecular complexity index is 1050. The van der Waals surface area contributed by atoms with E-state index in [1.165, 1.54) is 18.3 Å². The Morgan fingerprint density at radius 3 is 2.75 bits per heavy atom. The highest BCUT2D eigenvalue weighted by molar-refractivity contribution is 5.85. The number of carbonyl (C=O) groups is 2. The third kappa shape index (κ3) is 3.62. The molecule has 1 aliphatic heterocycles. The van der Waals surface area contributed by atoms with E-state index in [1.54, 1.807) is 0 Å². The van der Waals surface area contributed by atoms with Gasteiger partial charge in [-0.3, -0.25) is 0 Å². The first-order valence-electron chi connectivity index (χ1n) is 11.3. The van der Waals surface area contributed by atoms with Gasteiger partial charge in [0.25, 0.3) is 0 Å². The molecule has 5 atom stereocenters. The molecule has 4 aliphatic rings. The molecule has 164 valence electrons. The molecule has 1 aromatic carbocycles. The maximum absolute atomic E-state index is 13.8. The van der Waals surface area contributed by atoms with Crippen molar-refractivity contribution in [2.24, 2.45) is 11.8 Å². The van der Waals surface area contributed by atoms with Crippen molar-refractivity contribution in [2.75, 3.05) is 7.11 Å². The molecule has 0 saturated heterocycles. The molecule has 5 rings (SSSR count). The number of rotatable bonds is 3. The topological polar surface area (TPSA) is 58.6 Å². The maximum atomic E-state index is 13.8. The van der Waals surface area contributed by atoms with Gasteiger partial charge in [0.1, 0.15) is 0 Å². The van der Waals surface area contributed by atoms with Gasteiger partial charge in [-0.15, -0.1) is 0 Å². The quantitative estimate of drug-likeness (QED) is 0.564. The fraction of sp³-hybridized carbons (Fsp3) is 0.333. The van der Waals surface area contributed by atoms with Crippen molar-refractivity contribution >= 4 is 12.0 Å². The summed E-state index contributed by atoms with van der Waals surface area (Å²) in [6.07, 6.45) is 20.2. The van der Waals surface area contributed by atoms with E-state index in [2.05, 4.69) is 47.8 Å². The molecule has 1 N–H and O–H groups in total. The first kappa shape index (κ1) is 20.6. The molecule has 0 spiro atoms. The lowest BCUT2D eigenvalue weighted by Gasteiger charge is -2.49. The molecular formula is C27H28N2O3. The van der Waals surface area contributed by atoms with Crippen LogP contribution in [0.25, 0.3) is 0 Å². The minimum atomic E-state index is -0.846. The maximum Gasteiger partial charge on any atom is 0.333 e. The van der Waals surface area contributed by atoms with Crippen molar-refractivity contribution < 1.29 is 14.3 Å². The first-order valence-corrected chi connectivity index (χ1v) is 11.3. The van der Waals surface area contributed by atoms with Crippen LogP contribution in [0.1, 0.15) is 30.9 Å². The van der Waals surface area contributed by atoms with Gasteiger partial charge in [-0.2, -0.15) is 0 Å². The van der Waals surface area contributed by atoms with Crippen molar-refractivity contribution in [3.63, 3.8) is 0 Å². The van der Waals surface area contributed by atoms with Gasteiger partial charge in [0.15, 0.2) is 6.04 Å². The Morgan fingerprint density at radius 1 is 1.12 bits per heavy atom. The predicted molar refractivity (Wildman–Crippen MR) is 124 cm³/mol. The van der Waals surface area contributed by atoms with Crippen molar-refractivity contribution in [2.45, 2.75) is 37.4 Å². The Labute approximate surface area is 188 Å². The number of ether oxygens (including phenoxy) is 1. The van der Waals surface area contributed by atoms with Crippen molar-refractivity contribution in [1.29, 1.82) is 0 Å². The molecule has 1 saturated carbocycles. The number of fused-ring (bicyclic) bond motifs is 4. The molecule has 1 aromatic rings. The van der Waals surface area contributed by atoms with Crippen LogP contribution in [0, 0.1) is 11.8 Å². The summed E-state index contributed by atoms with van der Waals surface area (Å²) in [5, 5.41) is 2.99. The Hall–Kier alpha value is -3.34. The SMILES string of the molecule is COC(=O)C(NC(=O)N1[C@@H]2CCC3=CC=CCC3C2=CC2C=CC=C[C@@H]21)c1ccccc1. The van der Waals surface area contributed by atoms with Crippen LogP contribution in [0.15, 0.2) is 90.1 Å². The van der Waals surface area contributed by atoms with E-state index >= 15 is 0 Å². The highest BCUT2D eigenvalue weighted by atomic mass is 16.5. The monoisotopic (exact) mass is 428 g/mol. The summed E-state index contributed by atoms with van der Waals surface area (Å²) in [6, 6.07) is 8.16. The number of methoxy groups -OCH3 is 1. The number of hydrogen-bond acceptors (Lipinski definition) is 3. The lowest BCUT2D eigenvalue weighted by Crippen LogP contribution is -2.58. The first-order chi connectivity index (χ1) is 15.7. The summed E-state index contributed by atoms with van der Waals surface area (Å²) in [4.78, 5) is 28.3. The van der Waals surface area contributed by atoms with E-state index in [0.29, 0.717) is 11.5 Å². The molecule has 32 heavy (non-hydrogen) atoms. The Balaban J connectivity index is 1.48. The minimum Gasteiger partial charge on any atom is -0.467 e. The number of nitrogens with one attached hydrogen (secondary N) is 1. The number of carbonyl (C=O) groups excluding carboxylic acids is 2. The lowest BCUT2D eigenvalue weighted by atomic mass is 9.69. The van der Waals surface area contributed by atoms with Gasteiger partial charge < -0.3 is 15.0 Å². The van der Waals surface area contributed by atoms with Crippen molar-refractivity contribution in [1.82, 2.24) is 10.2 Å². The summed E-state index contributed by atoms with van der Waals surface area (Å²) in [5.41, 5.74) is 3.50. The molecule has 3 aliphatic carbocycles. The van der Waals surface area contributed by atoms with Crippen LogP contribution in [0.4, 0.5) is 4.79 Å². The van der Waals surface area contributed by atoms with Gasteiger partial charge in [-0.05, 0) is 30.4 Å². The van der Waals surface area contributed by atoms with E-state index < -0.39 is 12.0 Å². The third-order valence-corrected chi connectivity index (χ3v) is 7.02. The number of nitrogens with zero attached hydrogens (tertiary/aromatic N) is 1. The summed E-state index contributed by atoms with van der Waals surface area (Å²) in [7, 11) is 1.35. The number of allylic oxidation sites excluding steroid dienone is 6. The van der Waals surface area contributed by atoms with Crippen molar-refractivity contribution in [3.8, 4) is 0 Å². The predicted octanol–water partition coefficient (Wildman–Crippen LogP) is 4.63. The third-order valence-electron chi connectivity index (χ3n) is 7.02. The second-order valence-electron chi connectivity index (χ2n) is 8.74. The van der Waals surface area contributed by atoms with Crippen LogP contribution in [-0.4, -0.2) is 36.1 Å². The zero-order valence-electron chi connectivity index (χ0n) is 18.2. The van der Waals surface area contributed by atoms with Crippen LogP contribution in [0.2, 0.25) is 0 Å². The zero-order valence-corrected chi connectivity index (χ0v) is 18.2. The smallest absolute Gasteiger partial charge is 0.333 e. The van der Waals surface area contributed by atoms with Crippen molar-refractivity contribution in [3.05, 3.63) is 95.6 Å². The number of esters is 1. The van der Waals surface area contributed by atoms with E-state index in [0.717, 1.165) is 19.3 Å². The molecule has 2 amide bonds. The highest BCUT2D eigenvalue weighted by Crippen LogP contribution is 2.45. The molecule has 3 unspecified atom stereocenters. The zero-order chi connectivity index (χ0) is 22.1. The summed E-state index contributed by atoms with van der Waals surface area (Å²) >= 11 is 0. The average molecular weight is 429 g/mol. The van der Waals surface area contributed by atoms with E-state index in [4.69, 9.17) is 4.74 Å². The van der Waals surface area contributed by atoms with Gasteiger partial charge in [-0.1, -0.05) is 84.5 Å². The normalized spacial score (nSPS) is 28.5. The number of hydrogen-bond donors (Lipinski definition) is 1. The van der Waals surface area contributed by atoms with Gasteiger partial charge >= 0.3 is 12.0 Å². The van der Waals surface area contributed by atoms with Crippen LogP contribution in [0.3, 0.4) is 0 Å². The summed E-state index contributed by atoms with van der Waals surface area (Å²) < 4.78 is 5.02. The standard InChI is InChI=1S/C27H28N2O3/c1-32-26(30)25(19-10-3-2-4-11-19)28-27(31)29-23-14-8-6-12-20(23)17-22-21-13-7-5-9-18(21)15-16-24(22)29/h2-12,14,17,20-21,23-25H,13,15-16H2,1H3,(H,28,31)/t20?,21?,23-,24+,25?/m0/s1. The Morgan fingerprint density at radius 2 is 1.94 bits per heavy atom. The van der Waals surface area contributed by atoms with Crippen LogP contribution in [0.5, 0.6) is 0 Å². The summed E-state index contributed by atoms with van der Waals surface area (Å²) in [6.45, 7) is 0. The second-order valence-corrected chi connectivity index (χ2v) is 8.74. The van der Waals surface area contributed by atoms with E-state index in [-0.39, 0.29) is 24.0 Å². The van der Waals surface area contributed by atoms with Crippen LogP contribution in [-0.2, 0) is 9.53 Å². The van der Waals surface area contributed by atoms with Crippen LogP contribution < -0.4 is 5.32 Å². The van der Waals surface area contributed by atoms with Crippen LogP contribution >= 0.6 is 0 Å². The summed E-state index contributed by atoms with van der Waals surface area (Å²) in [5.74, 6) is 0.0228. The minimum absolute atomic E-state index is 0.0233. The Kier molecular flexibility index (Phi) is 5.56.